The summed E-state index contributed by atoms with van der Waals surface area (Å²) in [5.41, 5.74) is 0. The maximum Gasteiger partial charge on any atom is 0.412 e. The second-order valence-corrected chi connectivity index (χ2v) is 5.42. The fourth-order valence-corrected chi connectivity index (χ4v) is 2.54. The number of hydrogen-bond acceptors (Lipinski definition) is 2. The Hall–Kier alpha value is -1.13. The van der Waals surface area contributed by atoms with Crippen molar-refractivity contribution < 1.29 is 26.7 Å². The summed E-state index contributed by atoms with van der Waals surface area (Å²) in [7, 11) is -4.02. The van der Waals surface area contributed by atoms with Gasteiger partial charge in [-0.2, -0.15) is 13.2 Å². The Kier molecular flexibility index (Phi) is 4.11. The highest BCUT2D eigenvalue weighted by Gasteiger charge is 2.34. The van der Waals surface area contributed by atoms with Crippen molar-refractivity contribution in [2.75, 3.05) is 6.61 Å². The third-order valence-electron chi connectivity index (χ3n) is 1.85. The maximum absolute atomic E-state index is 13.3. The molecule has 0 spiro atoms. The predicted molar refractivity (Wildman–Crippen MR) is 55.8 cm³/mol. The van der Waals surface area contributed by atoms with E-state index < -0.39 is 31.3 Å². The van der Waals surface area contributed by atoms with Crippen LogP contribution in [0.4, 0.5) is 17.6 Å². The van der Waals surface area contributed by atoms with E-state index in [1.54, 1.807) is 0 Å². The van der Waals surface area contributed by atoms with Crippen molar-refractivity contribution in [2.45, 2.75) is 6.18 Å². The van der Waals surface area contributed by atoms with Crippen molar-refractivity contribution in [2.24, 2.45) is 0 Å². The lowest BCUT2D eigenvalue weighted by molar-refractivity contribution is -0.152. The van der Waals surface area contributed by atoms with Crippen LogP contribution in [0.5, 0.6) is 0 Å². The molecule has 0 aromatic heterocycles. The lowest BCUT2D eigenvalue weighted by atomic mass is 10.3. The molecule has 1 aromatic carbocycles. The first-order valence-electron chi connectivity index (χ1n) is 4.48. The van der Waals surface area contributed by atoms with Crippen LogP contribution in [-0.4, -0.2) is 12.8 Å². The van der Waals surface area contributed by atoms with Gasteiger partial charge in [0.15, 0.2) is 6.61 Å². The van der Waals surface area contributed by atoms with Crippen LogP contribution in [0.3, 0.4) is 0 Å². The molecule has 0 radical (unpaired) electrons. The van der Waals surface area contributed by atoms with Gasteiger partial charge in [0.25, 0.3) is 7.37 Å². The Bertz CT molecular complexity index is 456. The first-order valence-corrected chi connectivity index (χ1v) is 6.17. The fourth-order valence-electron chi connectivity index (χ4n) is 1.09. The van der Waals surface area contributed by atoms with Gasteiger partial charge in [-0.05, 0) is 17.9 Å². The van der Waals surface area contributed by atoms with Crippen molar-refractivity contribution in [1.82, 2.24) is 0 Å². The second-order valence-electron chi connectivity index (χ2n) is 3.12. The Morgan fingerprint density at radius 2 is 1.94 bits per heavy atom. The van der Waals surface area contributed by atoms with Gasteiger partial charge >= 0.3 is 6.18 Å². The van der Waals surface area contributed by atoms with Crippen LogP contribution in [0.25, 0.3) is 0 Å². The van der Waals surface area contributed by atoms with E-state index in [1.165, 1.54) is 12.1 Å². The Balaban J connectivity index is 3.01. The minimum absolute atomic E-state index is 0.417. The number of hydrogen-bond donors (Lipinski definition) is 0. The van der Waals surface area contributed by atoms with Crippen molar-refractivity contribution in [3.8, 4) is 0 Å². The number of halogens is 4. The molecule has 1 aromatic rings. The van der Waals surface area contributed by atoms with Gasteiger partial charge in [0.05, 0.1) is 5.30 Å². The average Bonchev–Trinajstić information content (AvgIpc) is 2.26. The van der Waals surface area contributed by atoms with Gasteiger partial charge in [-0.25, -0.2) is 4.39 Å². The molecule has 17 heavy (non-hydrogen) atoms. The smallest absolute Gasteiger partial charge is 0.313 e. The zero-order valence-electron chi connectivity index (χ0n) is 8.58. The number of benzene rings is 1. The van der Waals surface area contributed by atoms with E-state index in [-0.39, 0.29) is 0 Å². The van der Waals surface area contributed by atoms with Gasteiger partial charge in [0.2, 0.25) is 0 Å². The monoisotopic (exact) mass is 268 g/mol. The van der Waals surface area contributed by atoms with Crippen LogP contribution in [0.1, 0.15) is 0 Å². The summed E-state index contributed by atoms with van der Waals surface area (Å²) in [5.74, 6) is -0.185. The number of alkyl halides is 3. The summed E-state index contributed by atoms with van der Waals surface area (Å²) in [6.45, 7) is 1.41. The molecule has 0 saturated carbocycles. The molecule has 1 atom stereocenters. The first-order chi connectivity index (χ1) is 7.78. The molecule has 94 valence electrons. The fraction of sp³-hybridized carbons (Fsp3) is 0.200. The van der Waals surface area contributed by atoms with E-state index in [1.807, 2.05) is 0 Å². The van der Waals surface area contributed by atoms with Gasteiger partial charge in [-0.15, -0.1) is 0 Å². The summed E-state index contributed by atoms with van der Waals surface area (Å²) in [4.78, 5) is 0. The number of rotatable bonds is 4. The third kappa shape index (κ3) is 3.68. The summed E-state index contributed by atoms with van der Waals surface area (Å²) >= 11 is 0. The third-order valence-corrected chi connectivity index (χ3v) is 3.88. The Labute approximate surface area is 95.4 Å². The highest BCUT2D eigenvalue weighted by molar-refractivity contribution is 7.70. The first kappa shape index (κ1) is 13.9. The van der Waals surface area contributed by atoms with Crippen molar-refractivity contribution in [1.29, 1.82) is 0 Å². The highest BCUT2D eigenvalue weighted by atomic mass is 31.2. The van der Waals surface area contributed by atoms with Crippen LogP contribution in [-0.2, 0) is 9.09 Å². The molecule has 2 nitrogen and oxygen atoms in total. The molecule has 0 bridgehead atoms. The summed E-state index contributed by atoms with van der Waals surface area (Å²) < 4.78 is 65.5. The largest absolute Gasteiger partial charge is 0.412 e. The Morgan fingerprint density at radius 1 is 1.35 bits per heavy atom. The summed E-state index contributed by atoms with van der Waals surface area (Å²) in [6, 6.07) is 4.78. The Morgan fingerprint density at radius 3 is 2.41 bits per heavy atom. The topological polar surface area (TPSA) is 26.3 Å². The molecule has 0 fully saturated rings. The minimum Gasteiger partial charge on any atom is -0.313 e. The maximum atomic E-state index is 13.3. The van der Waals surface area contributed by atoms with E-state index in [0.29, 0.717) is 5.82 Å². The molecule has 1 unspecified atom stereocenters. The molecule has 0 heterocycles. The van der Waals surface area contributed by atoms with Crippen LogP contribution in [0, 0.1) is 5.82 Å². The lowest BCUT2D eigenvalue weighted by Gasteiger charge is -2.16. The molecule has 0 aliphatic heterocycles. The normalized spacial score (nSPS) is 15.3. The quantitative estimate of drug-likeness (QED) is 0.617. The standard InChI is InChI=1S/C10H9F4O2P/c1-2-17(15,16-7-10(12,13)14)9-6-4-3-5-8(9)11/h2-6H,1,7H2. The molecule has 0 saturated heterocycles. The van der Waals surface area contributed by atoms with E-state index in [4.69, 9.17) is 0 Å². The van der Waals surface area contributed by atoms with E-state index in [0.717, 1.165) is 12.1 Å². The van der Waals surface area contributed by atoms with Crippen LogP contribution in [0.2, 0.25) is 0 Å². The SMILES string of the molecule is C=CP(=O)(OCC(F)(F)F)c1ccccc1F. The van der Waals surface area contributed by atoms with Crippen LogP contribution >= 0.6 is 7.37 Å². The van der Waals surface area contributed by atoms with Crippen molar-refractivity contribution >= 4 is 12.7 Å². The van der Waals surface area contributed by atoms with E-state index >= 15 is 0 Å². The van der Waals surface area contributed by atoms with E-state index in [2.05, 4.69) is 11.1 Å². The molecule has 0 N–H and O–H groups in total. The zero-order valence-corrected chi connectivity index (χ0v) is 9.47. The van der Waals surface area contributed by atoms with E-state index in [9.17, 15) is 22.1 Å². The summed E-state index contributed by atoms with van der Waals surface area (Å²) in [5, 5.41) is -0.417. The van der Waals surface area contributed by atoms with Crippen molar-refractivity contribution in [3.63, 3.8) is 0 Å². The molecular formula is C10H9F4O2P. The lowest BCUT2D eigenvalue weighted by Crippen LogP contribution is -2.19. The molecule has 0 aliphatic rings. The van der Waals surface area contributed by atoms with Crippen molar-refractivity contribution in [3.05, 3.63) is 42.5 Å². The molecule has 0 amide bonds. The highest BCUT2D eigenvalue weighted by Crippen LogP contribution is 2.48. The zero-order chi connectivity index (χ0) is 13.1. The van der Waals surface area contributed by atoms with Gasteiger partial charge in [0, 0.05) is 0 Å². The molecule has 1 rings (SSSR count). The van der Waals surface area contributed by atoms with Gasteiger partial charge in [-0.1, -0.05) is 18.7 Å². The van der Waals surface area contributed by atoms with Crippen LogP contribution < -0.4 is 5.30 Å². The van der Waals surface area contributed by atoms with Gasteiger partial charge < -0.3 is 4.52 Å². The molecule has 7 heteroatoms. The average molecular weight is 268 g/mol. The molecule has 0 aliphatic carbocycles. The van der Waals surface area contributed by atoms with Crippen LogP contribution in [0.15, 0.2) is 36.7 Å². The minimum atomic E-state index is -4.63. The predicted octanol–water partition coefficient (Wildman–Crippen LogP) is 3.45. The molecular weight excluding hydrogens is 259 g/mol. The van der Waals surface area contributed by atoms with Gasteiger partial charge in [-0.3, -0.25) is 4.57 Å². The van der Waals surface area contributed by atoms with Gasteiger partial charge in [0.1, 0.15) is 5.82 Å². The second kappa shape index (κ2) is 5.02. The summed E-state index contributed by atoms with van der Waals surface area (Å²) in [6.07, 6.45) is -4.63.